The van der Waals surface area contributed by atoms with Crippen LogP contribution in [0.3, 0.4) is 0 Å². The summed E-state index contributed by atoms with van der Waals surface area (Å²) in [6, 6.07) is 11.2. The topological polar surface area (TPSA) is 69.5 Å². The van der Waals surface area contributed by atoms with Crippen LogP contribution in [0.1, 0.15) is 5.69 Å². The van der Waals surface area contributed by atoms with Gasteiger partial charge in [0, 0.05) is 24.7 Å². The summed E-state index contributed by atoms with van der Waals surface area (Å²) in [7, 11) is 0. The third-order valence-electron chi connectivity index (χ3n) is 4.60. The van der Waals surface area contributed by atoms with Crippen molar-refractivity contribution in [3.8, 4) is 0 Å². The van der Waals surface area contributed by atoms with Crippen LogP contribution < -0.4 is 5.56 Å². The van der Waals surface area contributed by atoms with Gasteiger partial charge < -0.3 is 4.40 Å². The maximum atomic E-state index is 12.9. The molecule has 29 heavy (non-hydrogen) atoms. The zero-order chi connectivity index (χ0) is 20.0. The summed E-state index contributed by atoms with van der Waals surface area (Å²) in [4.78, 5) is 17.5. The predicted octanol–water partition coefficient (Wildman–Crippen LogP) is 3.82. The summed E-state index contributed by atoms with van der Waals surface area (Å²) in [6.07, 6.45) is 5.45. The molecule has 0 fully saturated rings. The molecule has 0 radical (unpaired) electrons. The van der Waals surface area contributed by atoms with Gasteiger partial charge in [0.1, 0.15) is 5.65 Å². The summed E-state index contributed by atoms with van der Waals surface area (Å²) in [6.45, 7) is 4.12. The van der Waals surface area contributed by atoms with Crippen LogP contribution in [-0.4, -0.2) is 28.5 Å². The molecule has 0 amide bonds. The van der Waals surface area contributed by atoms with E-state index < -0.39 is 0 Å². The lowest BCUT2D eigenvalue weighted by atomic mass is 10.2. The van der Waals surface area contributed by atoms with Gasteiger partial charge in [-0.05, 0) is 24.3 Å². The fourth-order valence-corrected chi connectivity index (χ4v) is 4.34. The highest BCUT2D eigenvalue weighted by molar-refractivity contribution is 7.98. The van der Waals surface area contributed by atoms with Crippen LogP contribution in [-0.2, 0) is 12.3 Å². The summed E-state index contributed by atoms with van der Waals surface area (Å²) in [5.41, 5.74) is 2.41. The quantitative estimate of drug-likeness (QED) is 0.318. The van der Waals surface area contributed by atoms with Gasteiger partial charge in [0.2, 0.25) is 5.78 Å². The Morgan fingerprint density at radius 2 is 2.00 bits per heavy atom. The molecule has 0 atom stereocenters. The van der Waals surface area contributed by atoms with E-state index in [1.54, 1.807) is 10.6 Å². The summed E-state index contributed by atoms with van der Waals surface area (Å²) in [5.74, 6) is 1.10. The van der Waals surface area contributed by atoms with Crippen molar-refractivity contribution in [2.75, 3.05) is 0 Å². The average molecular weight is 423 g/mol. The van der Waals surface area contributed by atoms with Crippen molar-refractivity contribution in [2.45, 2.75) is 17.5 Å². The van der Waals surface area contributed by atoms with Crippen molar-refractivity contribution in [1.82, 2.24) is 28.5 Å². The summed E-state index contributed by atoms with van der Waals surface area (Å²) in [5, 5.41) is 10.6. The second kappa shape index (κ2) is 7.06. The Balaban J connectivity index is 1.59. The third kappa shape index (κ3) is 3.01. The van der Waals surface area contributed by atoms with Crippen molar-refractivity contribution in [3.63, 3.8) is 0 Å². The number of nitrogens with zero attached hydrogens (tertiary/aromatic N) is 6. The maximum absolute atomic E-state index is 12.9. The first kappa shape index (κ1) is 18.0. The normalized spacial score (nSPS) is 11.6. The molecule has 0 saturated heterocycles. The molecule has 9 heteroatoms. The molecule has 0 aliphatic heterocycles. The van der Waals surface area contributed by atoms with Crippen molar-refractivity contribution >= 4 is 45.7 Å². The van der Waals surface area contributed by atoms with Gasteiger partial charge in [-0.15, -0.1) is 16.8 Å². The van der Waals surface area contributed by atoms with Crippen LogP contribution in [0.25, 0.3) is 22.3 Å². The zero-order valence-electron chi connectivity index (χ0n) is 15.2. The standard InChI is InChI=1S/C20H15ClN6OS/c1-2-9-26-18(28)15-5-3-4-6-16(15)27-19(26)23-24-20(27)29-12-14-11-25-10-13(21)7-8-17(25)22-14/h2-8,10-11H,1,9,12H2. The minimum absolute atomic E-state index is 0.103. The highest BCUT2D eigenvalue weighted by Crippen LogP contribution is 2.25. The second-order valence-electron chi connectivity index (χ2n) is 6.47. The van der Waals surface area contributed by atoms with E-state index in [-0.39, 0.29) is 5.56 Å². The minimum atomic E-state index is -0.103. The van der Waals surface area contributed by atoms with E-state index in [2.05, 4.69) is 21.8 Å². The number of para-hydroxylation sites is 1. The van der Waals surface area contributed by atoms with Gasteiger partial charge in [0.25, 0.3) is 5.56 Å². The van der Waals surface area contributed by atoms with E-state index in [0.29, 0.717) is 33.6 Å². The lowest BCUT2D eigenvalue weighted by Gasteiger charge is -2.09. The van der Waals surface area contributed by atoms with E-state index in [9.17, 15) is 4.79 Å². The second-order valence-corrected chi connectivity index (χ2v) is 7.85. The largest absolute Gasteiger partial charge is 0.305 e. The van der Waals surface area contributed by atoms with E-state index in [0.717, 1.165) is 16.9 Å². The van der Waals surface area contributed by atoms with Crippen LogP contribution >= 0.6 is 23.4 Å². The molecule has 4 aromatic heterocycles. The Morgan fingerprint density at radius 1 is 1.14 bits per heavy atom. The number of aromatic nitrogens is 6. The van der Waals surface area contributed by atoms with Crippen molar-refractivity contribution in [1.29, 1.82) is 0 Å². The number of fused-ring (bicyclic) bond motifs is 4. The lowest BCUT2D eigenvalue weighted by molar-refractivity contribution is 0.783. The molecule has 1 aromatic carbocycles. The number of imidazole rings is 1. The Kier molecular flexibility index (Phi) is 4.37. The van der Waals surface area contributed by atoms with Gasteiger partial charge in [-0.2, -0.15) is 0 Å². The van der Waals surface area contributed by atoms with Gasteiger partial charge in [-0.1, -0.05) is 41.6 Å². The summed E-state index contributed by atoms with van der Waals surface area (Å²) < 4.78 is 5.40. The van der Waals surface area contributed by atoms with E-state index in [4.69, 9.17) is 11.6 Å². The van der Waals surface area contributed by atoms with Gasteiger partial charge >= 0.3 is 0 Å². The Labute approximate surface area is 174 Å². The van der Waals surface area contributed by atoms with Gasteiger partial charge in [-0.3, -0.25) is 13.8 Å². The van der Waals surface area contributed by atoms with Crippen LogP contribution in [0.15, 0.2) is 71.4 Å². The van der Waals surface area contributed by atoms with Crippen molar-refractivity contribution < 1.29 is 0 Å². The van der Waals surface area contributed by atoms with Crippen molar-refractivity contribution in [2.24, 2.45) is 0 Å². The zero-order valence-corrected chi connectivity index (χ0v) is 16.8. The first-order valence-electron chi connectivity index (χ1n) is 8.89. The molecule has 0 aliphatic carbocycles. The Morgan fingerprint density at radius 3 is 2.86 bits per heavy atom. The highest BCUT2D eigenvalue weighted by atomic mass is 35.5. The SMILES string of the molecule is C=CCn1c(=O)c2ccccc2n2c(SCc3cn4cc(Cl)ccc4n3)nnc12. The molecule has 0 aliphatic rings. The minimum Gasteiger partial charge on any atom is -0.305 e. The first-order chi connectivity index (χ1) is 14.2. The fourth-order valence-electron chi connectivity index (χ4n) is 3.35. The lowest BCUT2D eigenvalue weighted by Crippen LogP contribution is -2.22. The molecule has 7 nitrogen and oxygen atoms in total. The molecule has 144 valence electrons. The molecule has 0 unspecified atom stereocenters. The van der Waals surface area contributed by atoms with Crippen molar-refractivity contribution in [3.05, 3.63) is 82.5 Å². The smallest absolute Gasteiger partial charge is 0.263 e. The van der Waals surface area contributed by atoms with Crippen LogP contribution in [0, 0.1) is 0 Å². The van der Waals surface area contributed by atoms with Crippen LogP contribution in [0.2, 0.25) is 5.02 Å². The first-order valence-corrected chi connectivity index (χ1v) is 10.3. The molecular formula is C20H15ClN6OS. The van der Waals surface area contributed by atoms with E-state index in [1.165, 1.54) is 11.8 Å². The number of thioether (sulfide) groups is 1. The van der Waals surface area contributed by atoms with E-state index in [1.807, 2.05) is 57.6 Å². The molecule has 5 rings (SSSR count). The molecule has 0 bridgehead atoms. The van der Waals surface area contributed by atoms with Crippen LogP contribution in [0.4, 0.5) is 0 Å². The van der Waals surface area contributed by atoms with E-state index >= 15 is 0 Å². The molecule has 0 spiro atoms. The molecule has 0 saturated carbocycles. The van der Waals surface area contributed by atoms with Gasteiger partial charge in [0.05, 0.1) is 21.6 Å². The number of halogens is 1. The molecule has 4 heterocycles. The fraction of sp³-hybridized carbons (Fsp3) is 0.100. The maximum Gasteiger partial charge on any atom is 0.263 e. The molecule has 0 N–H and O–H groups in total. The van der Waals surface area contributed by atoms with Gasteiger partial charge in [0.15, 0.2) is 5.16 Å². The number of hydrogen-bond acceptors (Lipinski definition) is 5. The van der Waals surface area contributed by atoms with Crippen LogP contribution in [0.5, 0.6) is 0 Å². The molecular weight excluding hydrogens is 408 g/mol. The molecule has 5 aromatic rings. The Hall–Kier alpha value is -3.10. The number of benzene rings is 1. The number of rotatable bonds is 5. The third-order valence-corrected chi connectivity index (χ3v) is 5.79. The number of hydrogen-bond donors (Lipinski definition) is 0. The Bertz CT molecular complexity index is 1450. The number of allylic oxidation sites excluding steroid dienone is 1. The average Bonchev–Trinajstić information content (AvgIpc) is 3.33. The van der Waals surface area contributed by atoms with Gasteiger partial charge in [-0.25, -0.2) is 4.98 Å². The highest BCUT2D eigenvalue weighted by Gasteiger charge is 2.16. The summed E-state index contributed by atoms with van der Waals surface area (Å²) >= 11 is 7.57. The predicted molar refractivity (Wildman–Crippen MR) is 115 cm³/mol. The monoisotopic (exact) mass is 422 g/mol. The number of pyridine rings is 1.